The Morgan fingerprint density at radius 3 is 2.12 bits per heavy atom. The molecule has 0 fully saturated rings. The van der Waals surface area contributed by atoms with E-state index in [4.69, 9.17) is 5.11 Å². The maximum absolute atomic E-state index is 12.0. The molecule has 90 valence electrons. The van der Waals surface area contributed by atoms with E-state index in [1.54, 1.807) is 11.0 Å². The molecule has 0 rings (SSSR count). The van der Waals surface area contributed by atoms with Crippen molar-refractivity contribution in [1.82, 2.24) is 4.90 Å². The lowest BCUT2D eigenvalue weighted by atomic mass is 10.1. The standard InChI is InChI=1S/C12H19NO3/c1-6-7-13(8(2)3)11(14)9(4)10(5)12(15)16/h6,8H,1,7H2,2-5H3,(H,15,16). The largest absolute Gasteiger partial charge is 0.478 e. The van der Waals surface area contributed by atoms with Crippen LogP contribution in [0.4, 0.5) is 0 Å². The highest BCUT2D eigenvalue weighted by Crippen LogP contribution is 2.10. The Hall–Kier alpha value is -1.58. The van der Waals surface area contributed by atoms with Gasteiger partial charge in [-0.25, -0.2) is 4.79 Å². The highest BCUT2D eigenvalue weighted by atomic mass is 16.4. The average Bonchev–Trinajstić information content (AvgIpc) is 2.22. The molecule has 0 unspecified atom stereocenters. The molecule has 0 aromatic rings. The van der Waals surface area contributed by atoms with Crippen molar-refractivity contribution in [3.63, 3.8) is 0 Å². The van der Waals surface area contributed by atoms with E-state index in [0.717, 1.165) is 0 Å². The summed E-state index contributed by atoms with van der Waals surface area (Å²) in [6.07, 6.45) is 1.63. The molecule has 16 heavy (non-hydrogen) atoms. The van der Waals surface area contributed by atoms with Gasteiger partial charge < -0.3 is 10.0 Å². The minimum absolute atomic E-state index is 0.0158. The Bertz CT molecular complexity index is 329. The van der Waals surface area contributed by atoms with Crippen molar-refractivity contribution in [1.29, 1.82) is 0 Å². The van der Waals surface area contributed by atoms with Gasteiger partial charge in [0.2, 0.25) is 0 Å². The van der Waals surface area contributed by atoms with Gasteiger partial charge in [0.15, 0.2) is 0 Å². The van der Waals surface area contributed by atoms with Gasteiger partial charge in [-0.05, 0) is 27.7 Å². The van der Waals surface area contributed by atoms with E-state index in [-0.39, 0.29) is 23.1 Å². The SMILES string of the molecule is C=CCN(C(=O)C(C)=C(C)C(=O)O)C(C)C. The van der Waals surface area contributed by atoms with Crippen LogP contribution in [0.1, 0.15) is 27.7 Å². The molecule has 0 saturated heterocycles. The van der Waals surface area contributed by atoms with Crippen molar-refractivity contribution in [3.8, 4) is 0 Å². The predicted molar refractivity (Wildman–Crippen MR) is 63.1 cm³/mol. The summed E-state index contributed by atoms with van der Waals surface area (Å²) in [5.41, 5.74) is 0.350. The van der Waals surface area contributed by atoms with Crippen LogP contribution in [0.3, 0.4) is 0 Å². The summed E-state index contributed by atoms with van der Waals surface area (Å²) in [7, 11) is 0. The Labute approximate surface area is 96.3 Å². The third-order valence-electron chi connectivity index (χ3n) is 2.41. The molecule has 4 heteroatoms. The van der Waals surface area contributed by atoms with Crippen LogP contribution in [0.25, 0.3) is 0 Å². The summed E-state index contributed by atoms with van der Waals surface area (Å²) in [4.78, 5) is 24.3. The Morgan fingerprint density at radius 2 is 1.81 bits per heavy atom. The molecule has 0 aromatic heterocycles. The molecule has 1 N–H and O–H groups in total. The van der Waals surface area contributed by atoms with Crippen LogP contribution < -0.4 is 0 Å². The lowest BCUT2D eigenvalue weighted by Crippen LogP contribution is -2.38. The van der Waals surface area contributed by atoms with Crippen molar-refractivity contribution in [2.24, 2.45) is 0 Å². The lowest BCUT2D eigenvalue weighted by molar-refractivity contribution is -0.134. The molecular weight excluding hydrogens is 206 g/mol. The number of carboxylic acids is 1. The number of hydrogen-bond donors (Lipinski definition) is 1. The van der Waals surface area contributed by atoms with Gasteiger partial charge in [-0.1, -0.05) is 6.08 Å². The van der Waals surface area contributed by atoms with Gasteiger partial charge in [-0.2, -0.15) is 0 Å². The number of hydrogen-bond acceptors (Lipinski definition) is 2. The number of aliphatic carboxylic acids is 1. The molecule has 0 bridgehead atoms. The molecule has 0 spiro atoms. The molecule has 0 aliphatic rings. The maximum Gasteiger partial charge on any atom is 0.331 e. The van der Waals surface area contributed by atoms with Crippen LogP contribution >= 0.6 is 0 Å². The Morgan fingerprint density at radius 1 is 1.31 bits per heavy atom. The van der Waals surface area contributed by atoms with E-state index >= 15 is 0 Å². The number of carboxylic acid groups (broad SMARTS) is 1. The first-order valence-electron chi connectivity index (χ1n) is 5.15. The fourth-order valence-corrected chi connectivity index (χ4v) is 1.20. The summed E-state index contributed by atoms with van der Waals surface area (Å²) in [6.45, 7) is 10.7. The molecule has 0 aliphatic heterocycles. The zero-order valence-electron chi connectivity index (χ0n) is 10.3. The van der Waals surface area contributed by atoms with Crippen molar-refractivity contribution in [3.05, 3.63) is 23.8 Å². The Kier molecular flexibility index (Phi) is 5.50. The molecule has 0 aromatic carbocycles. The second-order valence-electron chi connectivity index (χ2n) is 3.90. The number of amides is 1. The van der Waals surface area contributed by atoms with Crippen LogP contribution in [-0.2, 0) is 9.59 Å². The zero-order valence-corrected chi connectivity index (χ0v) is 10.3. The summed E-state index contributed by atoms with van der Waals surface area (Å²) in [5, 5.41) is 8.80. The monoisotopic (exact) mass is 225 g/mol. The highest BCUT2D eigenvalue weighted by Gasteiger charge is 2.20. The first kappa shape index (κ1) is 14.4. The fourth-order valence-electron chi connectivity index (χ4n) is 1.20. The highest BCUT2D eigenvalue weighted by molar-refractivity contribution is 6.01. The average molecular weight is 225 g/mol. The minimum Gasteiger partial charge on any atom is -0.478 e. The van der Waals surface area contributed by atoms with E-state index in [9.17, 15) is 9.59 Å². The first-order chi connectivity index (χ1) is 7.32. The summed E-state index contributed by atoms with van der Waals surface area (Å²) in [6, 6.07) is 0.0158. The molecular formula is C12H19NO3. The van der Waals surface area contributed by atoms with Gasteiger partial charge in [-0.3, -0.25) is 4.79 Å². The van der Waals surface area contributed by atoms with E-state index in [2.05, 4.69) is 6.58 Å². The normalized spacial score (nSPS) is 12.1. The smallest absolute Gasteiger partial charge is 0.331 e. The van der Waals surface area contributed by atoms with Crippen LogP contribution in [0.15, 0.2) is 23.8 Å². The van der Waals surface area contributed by atoms with Crippen LogP contribution in [0.5, 0.6) is 0 Å². The van der Waals surface area contributed by atoms with E-state index in [1.807, 2.05) is 13.8 Å². The Balaban J connectivity index is 5.09. The van der Waals surface area contributed by atoms with Gasteiger partial charge in [0.1, 0.15) is 0 Å². The fraction of sp³-hybridized carbons (Fsp3) is 0.500. The van der Waals surface area contributed by atoms with Crippen molar-refractivity contribution in [2.75, 3.05) is 6.54 Å². The van der Waals surface area contributed by atoms with Gasteiger partial charge in [0, 0.05) is 23.7 Å². The van der Waals surface area contributed by atoms with Crippen molar-refractivity contribution >= 4 is 11.9 Å². The van der Waals surface area contributed by atoms with Crippen molar-refractivity contribution in [2.45, 2.75) is 33.7 Å². The van der Waals surface area contributed by atoms with Crippen LogP contribution in [0, 0.1) is 0 Å². The van der Waals surface area contributed by atoms with E-state index < -0.39 is 5.97 Å². The van der Waals surface area contributed by atoms with E-state index in [0.29, 0.717) is 6.54 Å². The lowest BCUT2D eigenvalue weighted by Gasteiger charge is -2.26. The summed E-state index contributed by atoms with van der Waals surface area (Å²) < 4.78 is 0. The number of carbonyl (C=O) groups excluding carboxylic acids is 1. The molecule has 0 saturated carbocycles. The molecule has 0 atom stereocenters. The first-order valence-corrected chi connectivity index (χ1v) is 5.15. The number of nitrogens with zero attached hydrogens (tertiary/aromatic N) is 1. The molecule has 0 radical (unpaired) electrons. The van der Waals surface area contributed by atoms with Gasteiger partial charge >= 0.3 is 5.97 Å². The molecule has 4 nitrogen and oxygen atoms in total. The second-order valence-corrected chi connectivity index (χ2v) is 3.90. The van der Waals surface area contributed by atoms with Crippen molar-refractivity contribution < 1.29 is 14.7 Å². The summed E-state index contributed by atoms with van der Waals surface area (Å²) in [5.74, 6) is -1.32. The quantitative estimate of drug-likeness (QED) is 0.573. The third-order valence-corrected chi connectivity index (χ3v) is 2.41. The topological polar surface area (TPSA) is 57.6 Å². The van der Waals surface area contributed by atoms with Gasteiger partial charge in [0.05, 0.1) is 0 Å². The van der Waals surface area contributed by atoms with E-state index in [1.165, 1.54) is 13.8 Å². The summed E-state index contributed by atoms with van der Waals surface area (Å²) >= 11 is 0. The predicted octanol–water partition coefficient (Wildman–Crippen LogP) is 1.83. The minimum atomic E-state index is -1.06. The number of carbonyl (C=O) groups is 2. The zero-order chi connectivity index (χ0) is 12.9. The maximum atomic E-state index is 12.0. The molecule has 0 aliphatic carbocycles. The second kappa shape index (κ2) is 6.10. The number of rotatable bonds is 5. The van der Waals surface area contributed by atoms with Gasteiger partial charge in [0.25, 0.3) is 5.91 Å². The van der Waals surface area contributed by atoms with Gasteiger partial charge in [-0.15, -0.1) is 6.58 Å². The molecule has 0 heterocycles. The van der Waals surface area contributed by atoms with Crippen LogP contribution in [-0.4, -0.2) is 34.5 Å². The molecule has 1 amide bonds. The van der Waals surface area contributed by atoms with Crippen LogP contribution in [0.2, 0.25) is 0 Å². The third kappa shape index (κ3) is 3.53.